The second-order valence-electron chi connectivity index (χ2n) is 3.99. The molecule has 2 rings (SSSR count). The number of carbonyl (C=O) groups is 1. The first-order valence-electron chi connectivity index (χ1n) is 5.82. The normalized spacial score (nSPS) is 10.3. The minimum atomic E-state index is -0.316. The van der Waals surface area contributed by atoms with Crippen molar-refractivity contribution in [2.24, 2.45) is 0 Å². The summed E-state index contributed by atoms with van der Waals surface area (Å²) in [5, 5.41) is 13.1. The molecule has 0 aromatic carbocycles. The summed E-state index contributed by atoms with van der Waals surface area (Å²) in [6, 6.07) is 3.28. The van der Waals surface area contributed by atoms with E-state index in [2.05, 4.69) is 25.8 Å². The van der Waals surface area contributed by atoms with Gasteiger partial charge in [0.25, 0.3) is 5.91 Å². The lowest BCUT2D eigenvalue weighted by Gasteiger charge is -2.02. The Hall–Kier alpha value is -2.44. The number of carbonyl (C=O) groups excluding carboxylic acids is 1. The van der Waals surface area contributed by atoms with Crippen LogP contribution in [0.1, 0.15) is 27.8 Å². The fourth-order valence-electron chi connectivity index (χ4n) is 1.45. The van der Waals surface area contributed by atoms with Crippen molar-refractivity contribution in [1.82, 2.24) is 20.5 Å². The summed E-state index contributed by atoms with van der Waals surface area (Å²) in [6.45, 7) is 3.91. The lowest BCUT2D eigenvalue weighted by atomic mass is 10.3. The highest BCUT2D eigenvalue weighted by molar-refractivity contribution is 5.92. The molecule has 0 fully saturated rings. The third-order valence-electron chi connectivity index (χ3n) is 2.63. The van der Waals surface area contributed by atoms with Gasteiger partial charge in [-0.15, -0.1) is 10.2 Å². The van der Waals surface area contributed by atoms with Gasteiger partial charge in [0.15, 0.2) is 5.69 Å². The van der Waals surface area contributed by atoms with Gasteiger partial charge in [0.05, 0.1) is 12.2 Å². The lowest BCUT2D eigenvalue weighted by molar-refractivity contribution is 0.0941. The molecule has 100 valence electrons. The van der Waals surface area contributed by atoms with Gasteiger partial charge in [0.2, 0.25) is 5.89 Å². The van der Waals surface area contributed by atoms with Crippen molar-refractivity contribution in [1.29, 1.82) is 0 Å². The molecule has 0 atom stereocenters. The van der Waals surface area contributed by atoms with Gasteiger partial charge in [-0.05, 0) is 26.0 Å². The Morgan fingerprint density at radius 3 is 2.63 bits per heavy atom. The molecule has 0 spiro atoms. The molecule has 0 aliphatic rings. The first-order chi connectivity index (χ1) is 9.10. The number of nitrogens with zero attached hydrogens (tertiary/aromatic N) is 3. The summed E-state index contributed by atoms with van der Waals surface area (Å²) < 4.78 is 5.37. The van der Waals surface area contributed by atoms with Crippen LogP contribution in [0.2, 0.25) is 0 Å². The van der Waals surface area contributed by atoms with Crippen LogP contribution < -0.4 is 10.6 Å². The average Bonchev–Trinajstić information content (AvgIpc) is 2.75. The third kappa shape index (κ3) is 3.06. The Labute approximate surface area is 110 Å². The van der Waals surface area contributed by atoms with Crippen molar-refractivity contribution in [3.63, 3.8) is 0 Å². The van der Waals surface area contributed by atoms with Crippen molar-refractivity contribution in [3.05, 3.63) is 35.2 Å². The monoisotopic (exact) mass is 261 g/mol. The molecule has 0 aliphatic carbocycles. The summed E-state index contributed by atoms with van der Waals surface area (Å²) in [5.74, 6) is 1.52. The van der Waals surface area contributed by atoms with Crippen LogP contribution in [0, 0.1) is 13.8 Å². The predicted octanol–water partition coefficient (Wildman–Crippen LogP) is 1.05. The van der Waals surface area contributed by atoms with Gasteiger partial charge in [-0.1, -0.05) is 0 Å². The van der Waals surface area contributed by atoms with Crippen LogP contribution >= 0.6 is 0 Å². The molecule has 2 aromatic heterocycles. The Morgan fingerprint density at radius 2 is 2.11 bits per heavy atom. The van der Waals surface area contributed by atoms with Crippen LogP contribution in [-0.2, 0) is 6.54 Å². The largest absolute Gasteiger partial charge is 0.444 e. The molecule has 0 unspecified atom stereocenters. The molecule has 2 N–H and O–H groups in total. The number of nitrogens with one attached hydrogen (secondary N) is 2. The molecule has 0 aliphatic heterocycles. The second-order valence-corrected chi connectivity index (χ2v) is 3.99. The Bertz CT molecular complexity index is 557. The number of hydrogen-bond acceptors (Lipinski definition) is 6. The van der Waals surface area contributed by atoms with Crippen molar-refractivity contribution in [3.8, 4) is 0 Å². The zero-order valence-electron chi connectivity index (χ0n) is 11.0. The number of rotatable bonds is 4. The highest BCUT2D eigenvalue weighted by Gasteiger charge is 2.10. The smallest absolute Gasteiger partial charge is 0.272 e. The van der Waals surface area contributed by atoms with E-state index in [0.29, 0.717) is 11.7 Å². The summed E-state index contributed by atoms with van der Waals surface area (Å²) in [4.78, 5) is 16.0. The zero-order valence-corrected chi connectivity index (χ0v) is 11.0. The number of aromatic nitrogens is 3. The van der Waals surface area contributed by atoms with E-state index in [9.17, 15) is 4.79 Å². The maximum absolute atomic E-state index is 11.8. The van der Waals surface area contributed by atoms with E-state index in [1.165, 1.54) is 0 Å². The van der Waals surface area contributed by atoms with Crippen LogP contribution in [0.4, 0.5) is 5.82 Å². The fraction of sp³-hybridized carbons (Fsp3) is 0.333. The number of hydrogen-bond donors (Lipinski definition) is 2. The van der Waals surface area contributed by atoms with E-state index in [0.717, 1.165) is 11.5 Å². The quantitative estimate of drug-likeness (QED) is 0.854. The maximum atomic E-state index is 11.8. The van der Waals surface area contributed by atoms with Crippen LogP contribution in [-0.4, -0.2) is 28.1 Å². The molecule has 7 nitrogen and oxygen atoms in total. The Balaban J connectivity index is 1.96. The van der Waals surface area contributed by atoms with Crippen molar-refractivity contribution in [2.75, 3.05) is 12.4 Å². The van der Waals surface area contributed by atoms with Gasteiger partial charge in [-0.2, -0.15) is 0 Å². The van der Waals surface area contributed by atoms with Gasteiger partial charge >= 0.3 is 0 Å². The van der Waals surface area contributed by atoms with E-state index < -0.39 is 0 Å². The van der Waals surface area contributed by atoms with E-state index in [-0.39, 0.29) is 18.1 Å². The average molecular weight is 261 g/mol. The molecule has 0 radical (unpaired) electrons. The zero-order chi connectivity index (χ0) is 13.8. The standard InChI is InChI=1S/C12H15N5O2/c1-7-8(2)19-11(15-7)6-14-12(18)9-4-5-10(13-3)17-16-9/h4-5H,6H2,1-3H3,(H,13,17)(H,14,18). The molecular formula is C12H15N5O2. The molecule has 0 saturated heterocycles. The van der Waals surface area contributed by atoms with Gasteiger partial charge < -0.3 is 15.1 Å². The number of oxazole rings is 1. The van der Waals surface area contributed by atoms with Gasteiger partial charge in [-0.25, -0.2) is 4.98 Å². The third-order valence-corrected chi connectivity index (χ3v) is 2.63. The predicted molar refractivity (Wildman–Crippen MR) is 68.7 cm³/mol. The number of amides is 1. The minimum Gasteiger partial charge on any atom is -0.444 e. The van der Waals surface area contributed by atoms with Gasteiger partial charge in [-0.3, -0.25) is 4.79 Å². The summed E-state index contributed by atoms with van der Waals surface area (Å²) >= 11 is 0. The minimum absolute atomic E-state index is 0.225. The molecule has 7 heteroatoms. The number of anilines is 1. The highest BCUT2D eigenvalue weighted by Crippen LogP contribution is 2.08. The second kappa shape index (κ2) is 5.47. The molecule has 1 amide bonds. The van der Waals surface area contributed by atoms with Gasteiger partial charge in [0, 0.05) is 7.05 Å². The van der Waals surface area contributed by atoms with Crippen molar-refractivity contribution < 1.29 is 9.21 Å². The summed E-state index contributed by atoms with van der Waals surface area (Å²) in [5.41, 5.74) is 1.07. The van der Waals surface area contributed by atoms with E-state index >= 15 is 0 Å². The SMILES string of the molecule is CNc1ccc(C(=O)NCc2nc(C)c(C)o2)nn1. The molecule has 2 aromatic rings. The Kier molecular flexibility index (Phi) is 3.74. The van der Waals surface area contributed by atoms with Crippen molar-refractivity contribution in [2.45, 2.75) is 20.4 Å². The molecule has 0 bridgehead atoms. The van der Waals surface area contributed by atoms with Crippen LogP contribution in [0.15, 0.2) is 16.5 Å². The van der Waals surface area contributed by atoms with Crippen LogP contribution in [0.3, 0.4) is 0 Å². The molecular weight excluding hydrogens is 246 g/mol. The van der Waals surface area contributed by atoms with E-state index in [4.69, 9.17) is 4.42 Å². The lowest BCUT2D eigenvalue weighted by Crippen LogP contribution is -2.24. The highest BCUT2D eigenvalue weighted by atomic mass is 16.4. The van der Waals surface area contributed by atoms with Crippen LogP contribution in [0.5, 0.6) is 0 Å². The van der Waals surface area contributed by atoms with Gasteiger partial charge in [0.1, 0.15) is 11.6 Å². The van der Waals surface area contributed by atoms with E-state index in [1.807, 2.05) is 13.8 Å². The number of aryl methyl sites for hydroxylation is 2. The molecule has 2 heterocycles. The topological polar surface area (TPSA) is 92.9 Å². The molecule has 19 heavy (non-hydrogen) atoms. The maximum Gasteiger partial charge on any atom is 0.272 e. The summed E-state index contributed by atoms with van der Waals surface area (Å²) in [6.07, 6.45) is 0. The first-order valence-corrected chi connectivity index (χ1v) is 5.82. The molecule has 0 saturated carbocycles. The van der Waals surface area contributed by atoms with Crippen LogP contribution in [0.25, 0.3) is 0 Å². The van der Waals surface area contributed by atoms with E-state index in [1.54, 1.807) is 19.2 Å². The Morgan fingerprint density at radius 1 is 1.32 bits per heavy atom. The first kappa shape index (κ1) is 13.0. The fourth-order valence-corrected chi connectivity index (χ4v) is 1.45. The van der Waals surface area contributed by atoms with Crippen molar-refractivity contribution >= 4 is 11.7 Å². The summed E-state index contributed by atoms with van der Waals surface area (Å²) in [7, 11) is 1.73.